The van der Waals surface area contributed by atoms with Crippen LogP contribution in [0.1, 0.15) is 17.4 Å². The highest BCUT2D eigenvalue weighted by atomic mass is 16.5. The molecule has 2 heterocycles. The van der Waals surface area contributed by atoms with Crippen molar-refractivity contribution >= 4 is 23.1 Å². The van der Waals surface area contributed by atoms with Gasteiger partial charge < -0.3 is 20.5 Å². The Bertz CT molecular complexity index is 1220. The number of nitrogens with one attached hydrogen (secondary N) is 1. The van der Waals surface area contributed by atoms with Crippen molar-refractivity contribution in [2.75, 3.05) is 5.32 Å². The zero-order chi connectivity index (χ0) is 21.8. The highest BCUT2D eigenvalue weighted by Gasteiger charge is 2.19. The summed E-state index contributed by atoms with van der Waals surface area (Å²) in [5.41, 5.74) is 6.90. The van der Waals surface area contributed by atoms with Crippen molar-refractivity contribution in [3.8, 4) is 17.4 Å². The highest BCUT2D eigenvalue weighted by molar-refractivity contribution is 5.95. The van der Waals surface area contributed by atoms with Crippen molar-refractivity contribution in [2.24, 2.45) is 5.73 Å². The van der Waals surface area contributed by atoms with Crippen LogP contribution in [0, 0.1) is 0 Å². The molecule has 4 aromatic rings. The van der Waals surface area contributed by atoms with Crippen LogP contribution in [-0.2, 0) is 4.79 Å². The lowest BCUT2D eigenvalue weighted by Gasteiger charge is -2.15. The minimum Gasteiger partial charge on any atom is -0.481 e. The third-order valence-electron chi connectivity index (χ3n) is 4.49. The molecule has 31 heavy (non-hydrogen) atoms. The van der Waals surface area contributed by atoms with E-state index in [1.54, 1.807) is 72.1 Å². The number of rotatable bonds is 7. The first kappa shape index (κ1) is 20.0. The van der Waals surface area contributed by atoms with Gasteiger partial charge in [-0.05, 0) is 55.5 Å². The third-order valence-corrected chi connectivity index (χ3v) is 4.49. The quantitative estimate of drug-likeness (QED) is 0.478. The number of fused-ring (bicyclic) bond motifs is 1. The molecular weight excluding hydrogens is 396 g/mol. The van der Waals surface area contributed by atoms with Crippen LogP contribution in [-0.4, -0.2) is 27.3 Å². The summed E-state index contributed by atoms with van der Waals surface area (Å²) in [5.74, 6) is 0.144. The Morgan fingerprint density at radius 2 is 1.65 bits per heavy atom. The van der Waals surface area contributed by atoms with Gasteiger partial charge in [-0.1, -0.05) is 24.3 Å². The van der Waals surface area contributed by atoms with Crippen LogP contribution in [0.2, 0.25) is 0 Å². The maximum atomic E-state index is 12.3. The Labute approximate surface area is 178 Å². The molecule has 0 fully saturated rings. The van der Waals surface area contributed by atoms with E-state index in [0.29, 0.717) is 22.8 Å². The van der Waals surface area contributed by atoms with Gasteiger partial charge in [-0.25, -0.2) is 0 Å². The third kappa shape index (κ3) is 4.48. The maximum Gasteiger partial charge on any atom is 0.271 e. The van der Waals surface area contributed by atoms with Gasteiger partial charge in [-0.3, -0.25) is 14.0 Å². The molecule has 0 aliphatic rings. The fourth-order valence-electron chi connectivity index (χ4n) is 2.99. The topological polar surface area (TPSA) is 108 Å². The Balaban J connectivity index is 1.44. The molecule has 0 aliphatic carbocycles. The number of nitrogens with two attached hydrogens (primary N) is 1. The number of ether oxygens (including phenoxy) is 2. The van der Waals surface area contributed by atoms with Crippen molar-refractivity contribution in [3.63, 3.8) is 0 Å². The van der Waals surface area contributed by atoms with Gasteiger partial charge in [0.15, 0.2) is 11.8 Å². The number of anilines is 1. The fourth-order valence-corrected chi connectivity index (χ4v) is 2.99. The molecule has 1 unspecified atom stereocenters. The van der Waals surface area contributed by atoms with Crippen molar-refractivity contribution < 1.29 is 19.1 Å². The van der Waals surface area contributed by atoms with Crippen LogP contribution in [0.5, 0.6) is 17.4 Å². The standard InChI is InChI=1S/C23H20N4O4/c1-15(22(29)25-16-7-3-2-4-8-16)30-17-10-12-18(13-11-17)31-23-20(21(24)28)27-14-6-5-9-19(27)26-23/h2-15H,1H3,(H2,24,28)(H,25,29). The first-order chi connectivity index (χ1) is 15.0. The number of primary amides is 1. The molecule has 0 saturated carbocycles. The SMILES string of the molecule is CC(Oc1ccc(Oc2nc3ccccn3c2C(N)=O)cc1)C(=O)Nc1ccccc1. The van der Waals surface area contributed by atoms with Gasteiger partial charge in [-0.2, -0.15) is 4.98 Å². The predicted molar refractivity (Wildman–Crippen MR) is 115 cm³/mol. The molecule has 4 rings (SSSR count). The van der Waals surface area contributed by atoms with Crippen molar-refractivity contribution in [1.29, 1.82) is 0 Å². The number of carbonyl (C=O) groups is 2. The van der Waals surface area contributed by atoms with Crippen LogP contribution < -0.4 is 20.5 Å². The molecule has 2 aromatic heterocycles. The second-order valence-corrected chi connectivity index (χ2v) is 6.75. The van der Waals surface area contributed by atoms with Gasteiger partial charge in [0.2, 0.25) is 0 Å². The number of para-hydroxylation sites is 1. The molecular formula is C23H20N4O4. The summed E-state index contributed by atoms with van der Waals surface area (Å²) < 4.78 is 13.0. The van der Waals surface area contributed by atoms with E-state index in [-0.39, 0.29) is 17.5 Å². The van der Waals surface area contributed by atoms with Crippen LogP contribution >= 0.6 is 0 Å². The van der Waals surface area contributed by atoms with Crippen LogP contribution in [0.3, 0.4) is 0 Å². The van der Waals surface area contributed by atoms with Gasteiger partial charge in [-0.15, -0.1) is 0 Å². The largest absolute Gasteiger partial charge is 0.481 e. The number of imidazole rings is 1. The number of benzene rings is 2. The average molecular weight is 416 g/mol. The minimum absolute atomic E-state index is 0.114. The van der Waals surface area contributed by atoms with E-state index in [0.717, 1.165) is 0 Å². The average Bonchev–Trinajstić information content (AvgIpc) is 3.14. The van der Waals surface area contributed by atoms with E-state index in [1.165, 1.54) is 0 Å². The van der Waals surface area contributed by atoms with Gasteiger partial charge in [0.1, 0.15) is 17.1 Å². The second-order valence-electron chi connectivity index (χ2n) is 6.75. The van der Waals surface area contributed by atoms with Gasteiger partial charge in [0.25, 0.3) is 17.7 Å². The second kappa shape index (κ2) is 8.58. The first-order valence-corrected chi connectivity index (χ1v) is 9.58. The normalized spacial score (nSPS) is 11.6. The summed E-state index contributed by atoms with van der Waals surface area (Å²) in [6.07, 6.45) is 0.987. The summed E-state index contributed by atoms with van der Waals surface area (Å²) in [7, 11) is 0. The molecule has 2 aromatic carbocycles. The van der Waals surface area contributed by atoms with Crippen LogP contribution in [0.15, 0.2) is 79.0 Å². The van der Waals surface area contributed by atoms with Crippen molar-refractivity contribution in [1.82, 2.24) is 9.38 Å². The number of aromatic nitrogens is 2. The minimum atomic E-state index is -0.702. The zero-order valence-electron chi connectivity index (χ0n) is 16.7. The molecule has 156 valence electrons. The molecule has 0 bridgehead atoms. The van der Waals surface area contributed by atoms with Crippen molar-refractivity contribution in [3.05, 3.63) is 84.7 Å². The van der Waals surface area contributed by atoms with E-state index in [4.69, 9.17) is 15.2 Å². The molecule has 3 N–H and O–H groups in total. The molecule has 8 heteroatoms. The number of hydrogen-bond acceptors (Lipinski definition) is 5. The van der Waals surface area contributed by atoms with Crippen molar-refractivity contribution in [2.45, 2.75) is 13.0 Å². The smallest absolute Gasteiger partial charge is 0.271 e. The van der Waals surface area contributed by atoms with E-state index < -0.39 is 12.0 Å². The lowest BCUT2D eigenvalue weighted by Crippen LogP contribution is -2.30. The van der Waals surface area contributed by atoms with E-state index in [1.807, 2.05) is 18.2 Å². The monoisotopic (exact) mass is 416 g/mol. The zero-order valence-corrected chi connectivity index (χ0v) is 16.7. The number of hydrogen-bond donors (Lipinski definition) is 2. The molecule has 0 radical (unpaired) electrons. The number of carbonyl (C=O) groups excluding carboxylic acids is 2. The maximum absolute atomic E-state index is 12.3. The molecule has 0 spiro atoms. The molecule has 2 amide bonds. The molecule has 1 atom stereocenters. The lowest BCUT2D eigenvalue weighted by atomic mass is 10.3. The summed E-state index contributed by atoms with van der Waals surface area (Å²) >= 11 is 0. The van der Waals surface area contributed by atoms with Crippen LogP contribution in [0.25, 0.3) is 5.65 Å². The van der Waals surface area contributed by atoms with Gasteiger partial charge in [0.05, 0.1) is 0 Å². The summed E-state index contributed by atoms with van der Waals surface area (Å²) in [6, 6.07) is 21.1. The van der Waals surface area contributed by atoms with E-state index in [9.17, 15) is 9.59 Å². The van der Waals surface area contributed by atoms with E-state index >= 15 is 0 Å². The Hall–Kier alpha value is -4.33. The van der Waals surface area contributed by atoms with Crippen LogP contribution in [0.4, 0.5) is 5.69 Å². The number of nitrogens with zero attached hydrogens (tertiary/aromatic N) is 2. The Morgan fingerprint density at radius 1 is 0.968 bits per heavy atom. The number of amides is 2. The first-order valence-electron chi connectivity index (χ1n) is 9.58. The Morgan fingerprint density at radius 3 is 2.35 bits per heavy atom. The van der Waals surface area contributed by atoms with Gasteiger partial charge in [0, 0.05) is 11.9 Å². The molecule has 0 aliphatic heterocycles. The molecule has 8 nitrogen and oxygen atoms in total. The summed E-state index contributed by atoms with van der Waals surface area (Å²) in [4.78, 5) is 28.5. The van der Waals surface area contributed by atoms with E-state index in [2.05, 4.69) is 10.3 Å². The lowest BCUT2D eigenvalue weighted by molar-refractivity contribution is -0.122. The van der Waals surface area contributed by atoms with Gasteiger partial charge >= 0.3 is 0 Å². The summed E-state index contributed by atoms with van der Waals surface area (Å²) in [5, 5.41) is 2.79. The predicted octanol–water partition coefficient (Wildman–Crippen LogP) is 3.63. The highest BCUT2D eigenvalue weighted by Crippen LogP contribution is 2.27. The summed E-state index contributed by atoms with van der Waals surface area (Å²) in [6.45, 7) is 1.67. The number of pyridine rings is 1. The fraction of sp³-hybridized carbons (Fsp3) is 0.0870. The molecule has 0 saturated heterocycles. The Kier molecular flexibility index (Phi) is 5.53.